The molecule has 0 spiro atoms. The van der Waals surface area contributed by atoms with E-state index >= 15 is 0 Å². The summed E-state index contributed by atoms with van der Waals surface area (Å²) in [6.45, 7) is 8.90. The molecule has 0 aliphatic carbocycles. The quantitative estimate of drug-likeness (QED) is 0.246. The maximum Gasteiger partial charge on any atom is 0.344 e. The highest BCUT2D eigenvalue weighted by Crippen LogP contribution is 2.43. The molecule has 0 aliphatic heterocycles. The summed E-state index contributed by atoms with van der Waals surface area (Å²) in [5, 5.41) is 3.08. The lowest BCUT2D eigenvalue weighted by Gasteiger charge is -2.18. The number of esters is 2. The van der Waals surface area contributed by atoms with Gasteiger partial charge in [-0.1, -0.05) is 68.6 Å². The average Bonchev–Trinajstić information content (AvgIpc) is 2.82. The first-order valence-corrected chi connectivity index (χ1v) is 10.3. The van der Waals surface area contributed by atoms with Gasteiger partial charge in [0, 0.05) is 21.5 Å². The van der Waals surface area contributed by atoms with E-state index in [1.165, 1.54) is 12.2 Å². The van der Waals surface area contributed by atoms with Crippen LogP contribution in [0.15, 0.2) is 67.8 Å². The Labute approximate surface area is 187 Å². The van der Waals surface area contributed by atoms with E-state index in [1.54, 1.807) is 0 Å². The van der Waals surface area contributed by atoms with Crippen LogP contribution in [0.5, 0.6) is 11.5 Å². The molecule has 3 aromatic carbocycles. The van der Waals surface area contributed by atoms with Gasteiger partial charge >= 0.3 is 11.9 Å². The maximum atomic E-state index is 12.0. The lowest BCUT2D eigenvalue weighted by atomic mass is 9.98. The van der Waals surface area contributed by atoms with Gasteiger partial charge in [0.1, 0.15) is 24.7 Å². The van der Waals surface area contributed by atoms with Gasteiger partial charge < -0.3 is 18.9 Å². The SMILES string of the molecule is C=CCOC(=O)COc1c2ccccc2c(OCC(=O)OCC=C)c2cc(CC)ccc12. The highest BCUT2D eigenvalue weighted by atomic mass is 16.6. The van der Waals surface area contributed by atoms with Gasteiger partial charge in [-0.05, 0) is 18.1 Å². The minimum Gasteiger partial charge on any atom is -0.481 e. The van der Waals surface area contributed by atoms with Crippen LogP contribution in [0.3, 0.4) is 0 Å². The number of fused-ring (bicyclic) bond motifs is 2. The predicted molar refractivity (Wildman–Crippen MR) is 124 cm³/mol. The van der Waals surface area contributed by atoms with Gasteiger partial charge in [-0.25, -0.2) is 9.59 Å². The first-order chi connectivity index (χ1) is 15.6. The van der Waals surface area contributed by atoms with Gasteiger partial charge in [-0.15, -0.1) is 0 Å². The third kappa shape index (κ3) is 5.27. The van der Waals surface area contributed by atoms with Crippen LogP contribution in [0, 0.1) is 0 Å². The molecule has 0 fully saturated rings. The van der Waals surface area contributed by atoms with Crippen molar-refractivity contribution in [3.63, 3.8) is 0 Å². The van der Waals surface area contributed by atoms with E-state index < -0.39 is 11.9 Å². The highest BCUT2D eigenvalue weighted by Gasteiger charge is 2.18. The Bertz CT molecular complexity index is 1150. The van der Waals surface area contributed by atoms with Crippen molar-refractivity contribution in [1.82, 2.24) is 0 Å². The fourth-order valence-electron chi connectivity index (χ4n) is 3.33. The van der Waals surface area contributed by atoms with Crippen molar-refractivity contribution >= 4 is 33.5 Å². The van der Waals surface area contributed by atoms with Crippen LogP contribution in [0.25, 0.3) is 21.5 Å². The smallest absolute Gasteiger partial charge is 0.344 e. The molecule has 3 rings (SSSR count). The molecule has 3 aromatic rings. The van der Waals surface area contributed by atoms with Gasteiger partial charge in [0.05, 0.1) is 0 Å². The number of hydrogen-bond acceptors (Lipinski definition) is 6. The molecule has 0 bridgehead atoms. The summed E-state index contributed by atoms with van der Waals surface area (Å²) >= 11 is 0. The largest absolute Gasteiger partial charge is 0.481 e. The zero-order chi connectivity index (χ0) is 22.9. The van der Waals surface area contributed by atoms with Crippen LogP contribution in [0.1, 0.15) is 12.5 Å². The predicted octanol–water partition coefficient (Wildman–Crippen LogP) is 4.77. The Morgan fingerprint density at radius 1 is 0.781 bits per heavy atom. The van der Waals surface area contributed by atoms with Crippen LogP contribution < -0.4 is 9.47 Å². The summed E-state index contributed by atoms with van der Waals surface area (Å²) in [6, 6.07) is 13.5. The minimum absolute atomic E-state index is 0.123. The molecule has 0 amide bonds. The number of carbonyl (C=O) groups excluding carboxylic acids is 2. The first kappa shape index (κ1) is 22.9. The van der Waals surface area contributed by atoms with E-state index in [1.807, 2.05) is 42.5 Å². The molecule has 0 N–H and O–H groups in total. The number of rotatable bonds is 11. The first-order valence-electron chi connectivity index (χ1n) is 10.3. The highest BCUT2D eigenvalue weighted by molar-refractivity contribution is 6.11. The molecule has 0 aromatic heterocycles. The molecule has 6 nitrogen and oxygen atoms in total. The normalized spacial score (nSPS) is 10.5. The van der Waals surface area contributed by atoms with Crippen molar-refractivity contribution in [2.45, 2.75) is 13.3 Å². The van der Waals surface area contributed by atoms with Crippen LogP contribution in [0.4, 0.5) is 0 Å². The summed E-state index contributed by atoms with van der Waals surface area (Å²) in [7, 11) is 0. The van der Waals surface area contributed by atoms with Gasteiger partial charge in [-0.2, -0.15) is 0 Å². The third-order valence-corrected chi connectivity index (χ3v) is 4.79. The Morgan fingerprint density at radius 2 is 1.28 bits per heavy atom. The molecule has 32 heavy (non-hydrogen) atoms. The molecule has 0 aliphatic rings. The van der Waals surface area contributed by atoms with Crippen molar-refractivity contribution in [2.24, 2.45) is 0 Å². The summed E-state index contributed by atoms with van der Waals surface area (Å²) in [6.07, 6.45) is 3.83. The van der Waals surface area contributed by atoms with Gasteiger partial charge in [-0.3, -0.25) is 0 Å². The van der Waals surface area contributed by atoms with Crippen molar-refractivity contribution in [3.05, 3.63) is 73.3 Å². The lowest BCUT2D eigenvalue weighted by Crippen LogP contribution is -2.16. The summed E-state index contributed by atoms with van der Waals surface area (Å²) < 4.78 is 22.0. The molecule has 6 heteroatoms. The number of hydrogen-bond donors (Lipinski definition) is 0. The molecule has 166 valence electrons. The fourth-order valence-corrected chi connectivity index (χ4v) is 3.33. The number of benzene rings is 3. The van der Waals surface area contributed by atoms with Crippen molar-refractivity contribution < 1.29 is 28.5 Å². The van der Waals surface area contributed by atoms with Gasteiger partial charge in [0.25, 0.3) is 0 Å². The fraction of sp³-hybridized carbons (Fsp3) is 0.231. The van der Waals surface area contributed by atoms with E-state index in [2.05, 4.69) is 20.1 Å². The van der Waals surface area contributed by atoms with Gasteiger partial charge in [0.15, 0.2) is 13.2 Å². The van der Waals surface area contributed by atoms with Crippen LogP contribution >= 0.6 is 0 Å². The third-order valence-electron chi connectivity index (χ3n) is 4.79. The zero-order valence-corrected chi connectivity index (χ0v) is 18.1. The van der Waals surface area contributed by atoms with E-state index in [4.69, 9.17) is 18.9 Å². The molecule has 0 radical (unpaired) electrons. The molecule has 0 unspecified atom stereocenters. The van der Waals surface area contributed by atoms with Gasteiger partial charge in [0.2, 0.25) is 0 Å². The number of carbonyl (C=O) groups is 2. The Hall–Kier alpha value is -3.80. The molecule has 0 saturated heterocycles. The maximum absolute atomic E-state index is 12.0. The zero-order valence-electron chi connectivity index (χ0n) is 18.1. The van der Waals surface area contributed by atoms with E-state index in [0.29, 0.717) is 11.5 Å². The monoisotopic (exact) mass is 434 g/mol. The van der Waals surface area contributed by atoms with Crippen LogP contribution in [0.2, 0.25) is 0 Å². The van der Waals surface area contributed by atoms with Crippen molar-refractivity contribution in [2.75, 3.05) is 26.4 Å². The topological polar surface area (TPSA) is 71.1 Å². The van der Waals surface area contributed by atoms with E-state index in [0.717, 1.165) is 33.5 Å². The Kier molecular flexibility index (Phi) is 7.86. The summed E-state index contributed by atoms with van der Waals surface area (Å²) in [4.78, 5) is 24.0. The standard InChI is InChI=1S/C26H26O6/c1-4-13-29-23(27)16-31-25-19-9-7-8-10-20(19)26(32-17-24(28)30-14-5-2)22-15-18(6-3)11-12-21(22)25/h4-5,7-12,15H,1-2,6,13-14,16-17H2,3H3. The summed E-state index contributed by atoms with van der Waals surface area (Å²) in [5.74, 6) is 0.134. The second-order valence-electron chi connectivity index (χ2n) is 6.96. The van der Waals surface area contributed by atoms with Crippen LogP contribution in [-0.4, -0.2) is 38.4 Å². The number of ether oxygens (including phenoxy) is 4. The van der Waals surface area contributed by atoms with Crippen molar-refractivity contribution in [3.8, 4) is 11.5 Å². The van der Waals surface area contributed by atoms with Crippen LogP contribution in [-0.2, 0) is 25.5 Å². The molecule has 0 saturated carbocycles. The lowest BCUT2D eigenvalue weighted by molar-refractivity contribution is -0.145. The average molecular weight is 434 g/mol. The number of aryl methyl sites for hydroxylation is 1. The minimum atomic E-state index is -0.488. The molecule has 0 heterocycles. The Balaban J connectivity index is 2.07. The second-order valence-corrected chi connectivity index (χ2v) is 6.96. The second kappa shape index (κ2) is 11.0. The molecule has 0 atom stereocenters. The Morgan fingerprint density at radius 3 is 1.78 bits per heavy atom. The summed E-state index contributed by atoms with van der Waals surface area (Å²) in [5.41, 5.74) is 1.10. The molecular formula is C26H26O6. The van der Waals surface area contributed by atoms with E-state index in [-0.39, 0.29) is 26.4 Å². The molecular weight excluding hydrogens is 408 g/mol. The van der Waals surface area contributed by atoms with E-state index in [9.17, 15) is 9.59 Å². The van der Waals surface area contributed by atoms with Crippen molar-refractivity contribution in [1.29, 1.82) is 0 Å².